The molecule has 5 rings (SSSR count). The van der Waals surface area contributed by atoms with Crippen molar-refractivity contribution in [2.45, 2.75) is 0 Å². The molecular formula is C27H17ClN4O4. The highest BCUT2D eigenvalue weighted by Gasteiger charge is 2.13. The fraction of sp³-hybridized carbons (Fsp3) is 0. The Kier molecular flexibility index (Phi) is 6.25. The van der Waals surface area contributed by atoms with E-state index < -0.39 is 4.92 Å². The summed E-state index contributed by atoms with van der Waals surface area (Å²) in [6.45, 7) is 0. The van der Waals surface area contributed by atoms with E-state index in [-0.39, 0.29) is 22.4 Å². The van der Waals surface area contributed by atoms with Gasteiger partial charge in [-0.15, -0.1) is 0 Å². The van der Waals surface area contributed by atoms with Gasteiger partial charge < -0.3 is 10.1 Å². The average Bonchev–Trinajstić information content (AvgIpc) is 2.90. The summed E-state index contributed by atoms with van der Waals surface area (Å²) in [5, 5.41) is 13.9. The van der Waals surface area contributed by atoms with Gasteiger partial charge >= 0.3 is 0 Å². The number of non-ortho nitro benzene ring substituents is 1. The molecule has 1 heterocycles. The van der Waals surface area contributed by atoms with E-state index in [1.54, 1.807) is 36.5 Å². The molecule has 0 aliphatic heterocycles. The number of halogens is 1. The second kappa shape index (κ2) is 9.81. The third-order valence-electron chi connectivity index (χ3n) is 5.32. The van der Waals surface area contributed by atoms with Crippen LogP contribution in [-0.4, -0.2) is 20.8 Å². The molecule has 176 valence electrons. The maximum atomic E-state index is 12.9. The number of fused-ring (bicyclic) bond motifs is 1. The van der Waals surface area contributed by atoms with E-state index in [0.717, 1.165) is 16.6 Å². The average molecular weight is 497 g/mol. The number of nitro benzene ring substituents is 1. The molecule has 0 bridgehead atoms. The molecule has 0 fully saturated rings. The van der Waals surface area contributed by atoms with Crippen LogP contribution in [0.4, 0.5) is 11.4 Å². The van der Waals surface area contributed by atoms with Crippen LogP contribution in [0.3, 0.4) is 0 Å². The molecule has 36 heavy (non-hydrogen) atoms. The van der Waals surface area contributed by atoms with E-state index >= 15 is 0 Å². The normalized spacial score (nSPS) is 10.7. The fourth-order valence-electron chi connectivity index (χ4n) is 3.57. The lowest BCUT2D eigenvalue weighted by Crippen LogP contribution is -2.11. The van der Waals surface area contributed by atoms with Crippen LogP contribution in [0.2, 0.25) is 5.02 Å². The van der Waals surface area contributed by atoms with Crippen LogP contribution < -0.4 is 10.1 Å². The van der Waals surface area contributed by atoms with Gasteiger partial charge in [0, 0.05) is 28.9 Å². The number of benzene rings is 4. The van der Waals surface area contributed by atoms with Crippen molar-refractivity contribution in [1.82, 2.24) is 9.97 Å². The summed E-state index contributed by atoms with van der Waals surface area (Å²) in [5.41, 5.74) is 3.92. The highest BCUT2D eigenvalue weighted by Crippen LogP contribution is 2.32. The van der Waals surface area contributed by atoms with E-state index in [0.29, 0.717) is 22.7 Å². The summed E-state index contributed by atoms with van der Waals surface area (Å²) in [5.74, 6) is 0.264. The standard InChI is InChI=1S/C27H17ClN4O4/c28-22-15-20(32(34)35)11-12-26(22)36-21-8-4-6-18(14-21)27(33)30-19-7-3-5-17(13-19)25-16-29-23-9-1-2-10-24(23)31-25/h1-16H,(H,30,33). The van der Waals surface area contributed by atoms with Crippen molar-refractivity contribution in [3.63, 3.8) is 0 Å². The summed E-state index contributed by atoms with van der Waals surface area (Å²) in [7, 11) is 0. The first-order valence-corrected chi connectivity index (χ1v) is 11.2. The van der Waals surface area contributed by atoms with Crippen LogP contribution in [-0.2, 0) is 0 Å². The topological polar surface area (TPSA) is 107 Å². The van der Waals surface area contributed by atoms with E-state index in [9.17, 15) is 14.9 Å². The molecule has 0 spiro atoms. The molecule has 4 aromatic carbocycles. The number of ether oxygens (including phenoxy) is 1. The van der Waals surface area contributed by atoms with E-state index in [1.165, 1.54) is 18.2 Å². The lowest BCUT2D eigenvalue weighted by molar-refractivity contribution is -0.384. The molecule has 0 unspecified atom stereocenters. The first-order chi connectivity index (χ1) is 17.5. The quantitative estimate of drug-likeness (QED) is 0.202. The maximum absolute atomic E-state index is 12.9. The van der Waals surface area contributed by atoms with Crippen LogP contribution in [0.5, 0.6) is 11.5 Å². The van der Waals surface area contributed by atoms with Gasteiger partial charge in [0.1, 0.15) is 11.5 Å². The molecule has 0 aliphatic rings. The van der Waals surface area contributed by atoms with Crippen molar-refractivity contribution in [3.05, 3.63) is 118 Å². The number of rotatable bonds is 6. The first-order valence-electron chi connectivity index (χ1n) is 10.8. The summed E-state index contributed by atoms with van der Waals surface area (Å²) in [6.07, 6.45) is 1.70. The minimum atomic E-state index is -0.540. The Labute approximate surface area is 210 Å². The lowest BCUT2D eigenvalue weighted by atomic mass is 10.1. The van der Waals surface area contributed by atoms with Gasteiger partial charge in [0.2, 0.25) is 0 Å². The number of nitrogens with zero attached hydrogens (tertiary/aromatic N) is 3. The Balaban J connectivity index is 1.33. The molecule has 0 saturated carbocycles. The highest BCUT2D eigenvalue weighted by molar-refractivity contribution is 6.32. The van der Waals surface area contributed by atoms with Crippen LogP contribution in [0, 0.1) is 10.1 Å². The predicted molar refractivity (Wildman–Crippen MR) is 138 cm³/mol. The van der Waals surface area contributed by atoms with Gasteiger partial charge in [-0.3, -0.25) is 19.9 Å². The van der Waals surface area contributed by atoms with Crippen molar-refractivity contribution in [2.24, 2.45) is 0 Å². The van der Waals surface area contributed by atoms with Crippen molar-refractivity contribution in [3.8, 4) is 22.8 Å². The molecule has 1 amide bonds. The molecule has 9 heteroatoms. The number of hydrogen-bond donors (Lipinski definition) is 1. The fourth-order valence-corrected chi connectivity index (χ4v) is 3.78. The summed E-state index contributed by atoms with van der Waals surface area (Å²) < 4.78 is 5.75. The zero-order valence-electron chi connectivity index (χ0n) is 18.6. The first kappa shape index (κ1) is 22.9. The number of anilines is 1. The largest absolute Gasteiger partial charge is 0.456 e. The SMILES string of the molecule is O=C(Nc1cccc(-c2cnc3ccccc3n2)c1)c1cccc(Oc2ccc([N+](=O)[O-])cc2Cl)c1. The van der Waals surface area contributed by atoms with Gasteiger partial charge in [0.15, 0.2) is 0 Å². The van der Waals surface area contributed by atoms with E-state index in [1.807, 2.05) is 42.5 Å². The number of nitro groups is 1. The smallest absolute Gasteiger partial charge is 0.271 e. The summed E-state index contributed by atoms with van der Waals surface area (Å²) in [6, 6.07) is 25.4. The van der Waals surface area contributed by atoms with Gasteiger partial charge in [-0.2, -0.15) is 0 Å². The van der Waals surface area contributed by atoms with Crippen LogP contribution in [0.25, 0.3) is 22.3 Å². The van der Waals surface area contributed by atoms with Gasteiger partial charge in [-0.25, -0.2) is 4.98 Å². The zero-order valence-corrected chi connectivity index (χ0v) is 19.3. The molecular weight excluding hydrogens is 480 g/mol. The summed E-state index contributed by atoms with van der Waals surface area (Å²) >= 11 is 6.11. The van der Waals surface area contributed by atoms with E-state index in [4.69, 9.17) is 16.3 Å². The molecule has 8 nitrogen and oxygen atoms in total. The molecule has 1 N–H and O–H groups in total. The third-order valence-corrected chi connectivity index (χ3v) is 5.61. The minimum Gasteiger partial charge on any atom is -0.456 e. The predicted octanol–water partition coefficient (Wildman–Crippen LogP) is 6.90. The lowest BCUT2D eigenvalue weighted by Gasteiger charge is -2.10. The second-order valence-corrected chi connectivity index (χ2v) is 8.19. The molecule has 0 aliphatic carbocycles. The van der Waals surface area contributed by atoms with Crippen LogP contribution in [0.15, 0.2) is 97.2 Å². The monoisotopic (exact) mass is 496 g/mol. The molecule has 0 saturated heterocycles. The van der Waals surface area contributed by atoms with Crippen LogP contribution >= 0.6 is 11.6 Å². The molecule has 5 aromatic rings. The Morgan fingerprint density at radius 1 is 0.917 bits per heavy atom. The number of nitrogens with one attached hydrogen (secondary N) is 1. The van der Waals surface area contributed by atoms with Gasteiger partial charge in [-0.1, -0.05) is 41.9 Å². The number of amides is 1. The number of carbonyl (C=O) groups is 1. The highest BCUT2D eigenvalue weighted by atomic mass is 35.5. The Morgan fingerprint density at radius 3 is 2.53 bits per heavy atom. The number of carbonyl (C=O) groups excluding carboxylic acids is 1. The minimum absolute atomic E-state index is 0.0904. The van der Waals surface area contributed by atoms with Crippen molar-refractivity contribution >= 4 is 39.9 Å². The Bertz CT molecular complexity index is 1620. The van der Waals surface area contributed by atoms with Gasteiger partial charge in [0.05, 0.1) is 32.9 Å². The number of hydrogen-bond acceptors (Lipinski definition) is 6. The Hall–Kier alpha value is -4.82. The van der Waals surface area contributed by atoms with Crippen molar-refractivity contribution < 1.29 is 14.5 Å². The van der Waals surface area contributed by atoms with Crippen molar-refractivity contribution in [1.29, 1.82) is 0 Å². The van der Waals surface area contributed by atoms with Crippen LogP contribution in [0.1, 0.15) is 10.4 Å². The maximum Gasteiger partial charge on any atom is 0.271 e. The Morgan fingerprint density at radius 2 is 1.72 bits per heavy atom. The number of para-hydroxylation sites is 2. The second-order valence-electron chi connectivity index (χ2n) is 7.78. The molecule has 1 aromatic heterocycles. The number of aromatic nitrogens is 2. The zero-order chi connectivity index (χ0) is 25.1. The van der Waals surface area contributed by atoms with Gasteiger partial charge in [0.25, 0.3) is 11.6 Å². The summed E-state index contributed by atoms with van der Waals surface area (Å²) in [4.78, 5) is 32.4. The third kappa shape index (κ3) is 4.98. The molecule has 0 atom stereocenters. The molecule has 0 radical (unpaired) electrons. The van der Waals surface area contributed by atoms with Gasteiger partial charge in [-0.05, 0) is 48.5 Å². The van der Waals surface area contributed by atoms with E-state index in [2.05, 4.69) is 15.3 Å². The van der Waals surface area contributed by atoms with Crippen molar-refractivity contribution in [2.75, 3.05) is 5.32 Å².